The Morgan fingerprint density at radius 3 is 1.39 bits per heavy atom. The fourth-order valence-electron chi connectivity index (χ4n) is 2.16. The van der Waals surface area contributed by atoms with Gasteiger partial charge >= 0.3 is 11.9 Å². The standard InChI is InChI=1S/C14H18O4/c1-13(2)7-11(15)17-9(13)5-6-10-14(3,4)8-12(16)18-10/h5-6H,7-8H2,1-4H3/b9-5+,10-6+. The maximum atomic E-state index is 11.3. The minimum absolute atomic E-state index is 0.215. The highest BCUT2D eigenvalue weighted by Crippen LogP contribution is 2.40. The summed E-state index contributed by atoms with van der Waals surface area (Å²) < 4.78 is 10.3. The molecule has 2 heterocycles. The van der Waals surface area contributed by atoms with Gasteiger partial charge in [-0.25, -0.2) is 0 Å². The van der Waals surface area contributed by atoms with Gasteiger partial charge < -0.3 is 9.47 Å². The van der Waals surface area contributed by atoms with Crippen LogP contribution in [0.1, 0.15) is 40.5 Å². The van der Waals surface area contributed by atoms with Crippen molar-refractivity contribution in [3.05, 3.63) is 23.7 Å². The number of carbonyl (C=O) groups excluding carboxylic acids is 2. The Kier molecular flexibility index (Phi) is 2.84. The summed E-state index contributed by atoms with van der Waals surface area (Å²) in [5.41, 5.74) is -0.582. The summed E-state index contributed by atoms with van der Waals surface area (Å²) in [5, 5.41) is 0. The molecule has 4 nitrogen and oxygen atoms in total. The van der Waals surface area contributed by atoms with Gasteiger partial charge in [0.2, 0.25) is 0 Å². The molecule has 2 fully saturated rings. The van der Waals surface area contributed by atoms with E-state index in [1.807, 2.05) is 27.7 Å². The van der Waals surface area contributed by atoms with E-state index < -0.39 is 0 Å². The van der Waals surface area contributed by atoms with Crippen molar-refractivity contribution < 1.29 is 19.1 Å². The van der Waals surface area contributed by atoms with Gasteiger partial charge in [-0.15, -0.1) is 0 Å². The zero-order chi connectivity index (χ0) is 13.6. The van der Waals surface area contributed by atoms with Gasteiger partial charge in [0.1, 0.15) is 11.5 Å². The summed E-state index contributed by atoms with van der Waals surface area (Å²) in [4.78, 5) is 22.6. The van der Waals surface area contributed by atoms with Gasteiger partial charge in [0.15, 0.2) is 0 Å². The van der Waals surface area contributed by atoms with Gasteiger partial charge in [-0.05, 0) is 12.2 Å². The van der Waals surface area contributed by atoms with Crippen molar-refractivity contribution in [3.63, 3.8) is 0 Å². The first kappa shape index (κ1) is 12.9. The third kappa shape index (κ3) is 2.33. The third-order valence-electron chi connectivity index (χ3n) is 3.34. The van der Waals surface area contributed by atoms with Gasteiger partial charge in [-0.3, -0.25) is 9.59 Å². The second-order valence-electron chi connectivity index (χ2n) is 6.13. The largest absolute Gasteiger partial charge is 0.430 e. The number of hydrogen-bond acceptors (Lipinski definition) is 4. The van der Waals surface area contributed by atoms with Crippen LogP contribution in [-0.4, -0.2) is 11.9 Å². The summed E-state index contributed by atoms with van der Waals surface area (Å²) in [6.45, 7) is 7.81. The predicted molar refractivity (Wildman–Crippen MR) is 65.1 cm³/mol. The first-order chi connectivity index (χ1) is 8.21. The molecule has 0 amide bonds. The molecule has 2 aliphatic heterocycles. The molecule has 98 valence electrons. The lowest BCUT2D eigenvalue weighted by Crippen LogP contribution is -2.09. The van der Waals surface area contributed by atoms with Gasteiger partial charge in [-0.1, -0.05) is 27.7 Å². The van der Waals surface area contributed by atoms with Gasteiger partial charge in [0.05, 0.1) is 12.8 Å². The Labute approximate surface area is 107 Å². The summed E-state index contributed by atoms with van der Waals surface area (Å²) in [7, 11) is 0. The highest BCUT2D eigenvalue weighted by Gasteiger charge is 2.39. The summed E-state index contributed by atoms with van der Waals surface area (Å²) in [5.74, 6) is 0.817. The molecule has 0 N–H and O–H groups in total. The molecule has 0 aliphatic carbocycles. The Morgan fingerprint density at radius 1 is 0.833 bits per heavy atom. The van der Waals surface area contributed by atoms with E-state index in [1.54, 1.807) is 12.2 Å². The fourth-order valence-corrected chi connectivity index (χ4v) is 2.16. The van der Waals surface area contributed by atoms with Crippen LogP contribution in [0.25, 0.3) is 0 Å². The molecular formula is C14H18O4. The molecule has 0 aromatic heterocycles. The molecule has 4 heteroatoms. The average Bonchev–Trinajstić information content (AvgIpc) is 2.58. The topological polar surface area (TPSA) is 52.6 Å². The molecule has 18 heavy (non-hydrogen) atoms. The number of carbonyl (C=O) groups is 2. The molecule has 2 saturated heterocycles. The molecule has 2 aliphatic rings. The fraction of sp³-hybridized carbons (Fsp3) is 0.571. The Morgan fingerprint density at radius 2 is 1.17 bits per heavy atom. The molecule has 2 rings (SSSR count). The monoisotopic (exact) mass is 250 g/mol. The molecular weight excluding hydrogens is 232 g/mol. The van der Waals surface area contributed by atoms with E-state index in [0.717, 1.165) is 0 Å². The van der Waals surface area contributed by atoms with E-state index in [2.05, 4.69) is 0 Å². The number of cyclic esters (lactones) is 2. The maximum absolute atomic E-state index is 11.3. The van der Waals surface area contributed by atoms with Crippen LogP contribution in [0.5, 0.6) is 0 Å². The minimum Gasteiger partial charge on any atom is -0.430 e. The van der Waals surface area contributed by atoms with Crippen LogP contribution in [0.4, 0.5) is 0 Å². The third-order valence-corrected chi connectivity index (χ3v) is 3.34. The van der Waals surface area contributed by atoms with Crippen LogP contribution >= 0.6 is 0 Å². The first-order valence-corrected chi connectivity index (χ1v) is 6.05. The van der Waals surface area contributed by atoms with Crippen LogP contribution in [-0.2, 0) is 19.1 Å². The van der Waals surface area contributed by atoms with Crippen LogP contribution in [0.3, 0.4) is 0 Å². The molecule has 0 spiro atoms. The van der Waals surface area contributed by atoms with E-state index >= 15 is 0 Å². The SMILES string of the molecule is CC1(C)CC(=O)O/C1=C/C=C1/OC(=O)CC1(C)C. The number of hydrogen-bond donors (Lipinski definition) is 0. The zero-order valence-electron chi connectivity index (χ0n) is 11.2. The first-order valence-electron chi connectivity index (χ1n) is 6.05. The summed E-state index contributed by atoms with van der Waals surface area (Å²) >= 11 is 0. The summed E-state index contributed by atoms with van der Waals surface area (Å²) in [6, 6.07) is 0. The van der Waals surface area contributed by atoms with E-state index in [1.165, 1.54) is 0 Å². The van der Waals surface area contributed by atoms with Crippen molar-refractivity contribution in [2.75, 3.05) is 0 Å². The molecule has 0 radical (unpaired) electrons. The van der Waals surface area contributed by atoms with Crippen LogP contribution in [0, 0.1) is 10.8 Å². The highest BCUT2D eigenvalue weighted by atomic mass is 16.5. The van der Waals surface area contributed by atoms with Gasteiger partial charge in [-0.2, -0.15) is 0 Å². The van der Waals surface area contributed by atoms with E-state index in [-0.39, 0.29) is 22.8 Å². The minimum atomic E-state index is -0.291. The Bertz CT molecular complexity index is 422. The van der Waals surface area contributed by atoms with Gasteiger partial charge in [0, 0.05) is 10.8 Å². The van der Waals surface area contributed by atoms with E-state index in [0.29, 0.717) is 24.4 Å². The highest BCUT2D eigenvalue weighted by molar-refractivity contribution is 5.76. The molecule has 0 unspecified atom stereocenters. The summed E-state index contributed by atoms with van der Waals surface area (Å²) in [6.07, 6.45) is 4.23. The van der Waals surface area contributed by atoms with Crippen molar-refractivity contribution in [1.29, 1.82) is 0 Å². The lowest BCUT2D eigenvalue weighted by Gasteiger charge is -2.16. The molecule has 0 atom stereocenters. The molecule has 0 aromatic rings. The van der Waals surface area contributed by atoms with Crippen molar-refractivity contribution in [2.24, 2.45) is 10.8 Å². The molecule has 0 saturated carbocycles. The van der Waals surface area contributed by atoms with Crippen LogP contribution in [0.2, 0.25) is 0 Å². The number of esters is 2. The average molecular weight is 250 g/mol. The lowest BCUT2D eigenvalue weighted by atomic mass is 9.87. The lowest BCUT2D eigenvalue weighted by molar-refractivity contribution is -0.136. The molecule has 0 bridgehead atoms. The number of rotatable bonds is 1. The van der Waals surface area contributed by atoms with Crippen molar-refractivity contribution in [1.82, 2.24) is 0 Å². The van der Waals surface area contributed by atoms with Crippen LogP contribution in [0.15, 0.2) is 23.7 Å². The molecule has 0 aromatic carbocycles. The van der Waals surface area contributed by atoms with Crippen LogP contribution < -0.4 is 0 Å². The number of ether oxygens (including phenoxy) is 2. The van der Waals surface area contributed by atoms with Gasteiger partial charge in [0.25, 0.3) is 0 Å². The maximum Gasteiger partial charge on any atom is 0.311 e. The van der Waals surface area contributed by atoms with Crippen molar-refractivity contribution in [3.8, 4) is 0 Å². The normalized spacial score (nSPS) is 29.8. The smallest absolute Gasteiger partial charge is 0.311 e. The second-order valence-corrected chi connectivity index (χ2v) is 6.13. The van der Waals surface area contributed by atoms with E-state index in [9.17, 15) is 9.59 Å². The second kappa shape index (κ2) is 3.97. The number of allylic oxidation sites excluding steroid dienone is 4. The zero-order valence-corrected chi connectivity index (χ0v) is 11.2. The van der Waals surface area contributed by atoms with Crippen molar-refractivity contribution >= 4 is 11.9 Å². The Balaban J connectivity index is 2.25. The predicted octanol–water partition coefficient (Wildman–Crippen LogP) is 2.70. The Hall–Kier alpha value is -1.58. The van der Waals surface area contributed by atoms with E-state index in [4.69, 9.17) is 9.47 Å². The quantitative estimate of drug-likeness (QED) is 0.671. The van der Waals surface area contributed by atoms with Crippen molar-refractivity contribution in [2.45, 2.75) is 40.5 Å².